The van der Waals surface area contributed by atoms with Gasteiger partial charge in [0.15, 0.2) is 0 Å². The zero-order valence-corrected chi connectivity index (χ0v) is 6.42. The predicted molar refractivity (Wildman–Crippen MR) is 42.6 cm³/mol. The molecule has 0 aromatic carbocycles. The molecule has 0 atom stereocenters. The fourth-order valence-electron chi connectivity index (χ4n) is 0.967. The second-order valence-electron chi connectivity index (χ2n) is 2.11. The quantitative estimate of drug-likeness (QED) is 0.497. The van der Waals surface area contributed by atoms with Crippen molar-refractivity contribution < 1.29 is 4.74 Å². The number of ether oxygens (including phenoxy) is 1. The maximum Gasteiger partial charge on any atom is 0.122 e. The summed E-state index contributed by atoms with van der Waals surface area (Å²) in [5.74, 6) is 0.991. The molecule has 0 N–H and O–H groups in total. The average molecular weight is 136 g/mol. The van der Waals surface area contributed by atoms with Crippen molar-refractivity contribution >= 4 is 0 Å². The first-order valence-electron chi connectivity index (χ1n) is 3.51. The smallest absolute Gasteiger partial charge is 0.122 e. The molecule has 10 heavy (non-hydrogen) atoms. The van der Waals surface area contributed by atoms with Crippen LogP contribution in [0.4, 0.5) is 0 Å². The fraction of sp³-hybridized carbons (Fsp3) is 0.333. The third kappa shape index (κ3) is 1.29. The summed E-state index contributed by atoms with van der Waals surface area (Å²) < 4.78 is 5.34. The van der Waals surface area contributed by atoms with Crippen LogP contribution in [0.5, 0.6) is 0 Å². The van der Waals surface area contributed by atoms with Gasteiger partial charge < -0.3 is 4.74 Å². The van der Waals surface area contributed by atoms with E-state index < -0.39 is 0 Å². The fourth-order valence-corrected chi connectivity index (χ4v) is 0.967. The lowest BCUT2D eigenvalue weighted by Gasteiger charge is -2.13. The predicted octanol–water partition coefficient (Wildman–Crippen LogP) is 2.42. The molecule has 0 unspecified atom stereocenters. The van der Waals surface area contributed by atoms with Gasteiger partial charge in [-0.25, -0.2) is 0 Å². The molecule has 1 aliphatic rings. The number of hydrogen-bond acceptors (Lipinski definition) is 1. The molecule has 1 heteroatoms. The van der Waals surface area contributed by atoms with E-state index in [1.165, 1.54) is 5.57 Å². The van der Waals surface area contributed by atoms with Crippen LogP contribution in [-0.4, -0.2) is 6.61 Å². The minimum atomic E-state index is 0.705. The zero-order chi connectivity index (χ0) is 7.40. The summed E-state index contributed by atoms with van der Waals surface area (Å²) in [6.45, 7) is 4.70. The monoisotopic (exact) mass is 136 g/mol. The van der Waals surface area contributed by atoms with Crippen molar-refractivity contribution in [2.45, 2.75) is 13.8 Å². The van der Waals surface area contributed by atoms with Gasteiger partial charge in [-0.05, 0) is 26.0 Å². The molecule has 0 aromatic heterocycles. The van der Waals surface area contributed by atoms with E-state index in [4.69, 9.17) is 4.74 Å². The summed E-state index contributed by atoms with van der Waals surface area (Å²) in [6.07, 6.45) is 8.13. The first-order valence-corrected chi connectivity index (χ1v) is 3.51. The van der Waals surface area contributed by atoms with Gasteiger partial charge in [-0.1, -0.05) is 12.2 Å². The van der Waals surface area contributed by atoms with E-state index >= 15 is 0 Å². The maximum atomic E-state index is 5.34. The van der Waals surface area contributed by atoms with Crippen LogP contribution in [0.15, 0.2) is 35.6 Å². The van der Waals surface area contributed by atoms with Gasteiger partial charge in [-0.3, -0.25) is 0 Å². The normalized spacial score (nSPS) is 25.4. The van der Waals surface area contributed by atoms with Crippen molar-refractivity contribution in [2.24, 2.45) is 0 Å². The van der Waals surface area contributed by atoms with E-state index in [1.807, 2.05) is 32.1 Å². The van der Waals surface area contributed by atoms with Gasteiger partial charge in [-0.15, -0.1) is 0 Å². The van der Waals surface area contributed by atoms with E-state index in [1.54, 1.807) is 0 Å². The molecule has 0 aliphatic carbocycles. The largest absolute Gasteiger partial charge is 0.489 e. The zero-order valence-electron chi connectivity index (χ0n) is 6.42. The molecular formula is C9H12O. The Morgan fingerprint density at radius 3 is 2.70 bits per heavy atom. The van der Waals surface area contributed by atoms with Crippen molar-refractivity contribution in [3.8, 4) is 0 Å². The van der Waals surface area contributed by atoms with Crippen LogP contribution in [0.1, 0.15) is 13.8 Å². The molecule has 0 saturated heterocycles. The van der Waals surface area contributed by atoms with Crippen molar-refractivity contribution in [1.82, 2.24) is 0 Å². The Labute approximate surface area is 61.7 Å². The summed E-state index contributed by atoms with van der Waals surface area (Å²) in [5, 5.41) is 0. The van der Waals surface area contributed by atoms with Crippen LogP contribution < -0.4 is 0 Å². The van der Waals surface area contributed by atoms with Gasteiger partial charge in [0.05, 0.1) is 0 Å². The third-order valence-electron chi connectivity index (χ3n) is 1.49. The second-order valence-corrected chi connectivity index (χ2v) is 2.11. The van der Waals surface area contributed by atoms with Crippen molar-refractivity contribution in [3.63, 3.8) is 0 Å². The molecule has 1 heterocycles. The Hall–Kier alpha value is -0.980. The lowest BCUT2D eigenvalue weighted by atomic mass is 10.1. The van der Waals surface area contributed by atoms with Crippen LogP contribution in [-0.2, 0) is 4.74 Å². The summed E-state index contributed by atoms with van der Waals surface area (Å²) in [4.78, 5) is 0. The Kier molecular flexibility index (Phi) is 2.32. The number of rotatable bonds is 0. The van der Waals surface area contributed by atoms with Gasteiger partial charge in [0.1, 0.15) is 12.4 Å². The van der Waals surface area contributed by atoms with Crippen LogP contribution >= 0.6 is 0 Å². The lowest BCUT2D eigenvalue weighted by Crippen LogP contribution is -1.99. The highest BCUT2D eigenvalue weighted by atomic mass is 16.5. The standard InChI is InChI=1S/C9H12O/c1-3-8-6-5-7-10-9(8)4-2/h3-6H,7H2,1-2H3/b8-3-,9-4+. The molecule has 0 saturated carbocycles. The van der Waals surface area contributed by atoms with E-state index in [2.05, 4.69) is 6.08 Å². The molecule has 0 spiro atoms. The van der Waals surface area contributed by atoms with Gasteiger partial charge in [0.25, 0.3) is 0 Å². The van der Waals surface area contributed by atoms with Gasteiger partial charge >= 0.3 is 0 Å². The van der Waals surface area contributed by atoms with Crippen LogP contribution in [0.3, 0.4) is 0 Å². The molecule has 1 aliphatic heterocycles. The van der Waals surface area contributed by atoms with Gasteiger partial charge in [0.2, 0.25) is 0 Å². The van der Waals surface area contributed by atoms with E-state index in [-0.39, 0.29) is 0 Å². The first kappa shape index (κ1) is 7.13. The minimum Gasteiger partial charge on any atom is -0.489 e. The SMILES string of the molecule is C/C=C1/C=CCO/C1=C/C. The molecule has 0 amide bonds. The summed E-state index contributed by atoms with van der Waals surface area (Å²) in [6, 6.07) is 0. The highest BCUT2D eigenvalue weighted by molar-refractivity contribution is 5.37. The summed E-state index contributed by atoms with van der Waals surface area (Å²) in [5.41, 5.74) is 1.17. The molecule has 1 rings (SSSR count). The molecular weight excluding hydrogens is 124 g/mol. The first-order chi connectivity index (χ1) is 4.88. The Balaban J connectivity index is 2.86. The summed E-state index contributed by atoms with van der Waals surface area (Å²) >= 11 is 0. The number of allylic oxidation sites excluding steroid dienone is 3. The van der Waals surface area contributed by atoms with E-state index in [0.717, 1.165) is 5.76 Å². The molecule has 0 bridgehead atoms. The molecule has 1 nitrogen and oxygen atoms in total. The van der Waals surface area contributed by atoms with Gasteiger partial charge in [0, 0.05) is 5.57 Å². The van der Waals surface area contributed by atoms with Crippen molar-refractivity contribution in [3.05, 3.63) is 35.6 Å². The Bertz CT molecular complexity index is 197. The van der Waals surface area contributed by atoms with Crippen LogP contribution in [0.2, 0.25) is 0 Å². The highest BCUT2D eigenvalue weighted by Crippen LogP contribution is 2.16. The third-order valence-corrected chi connectivity index (χ3v) is 1.49. The second kappa shape index (κ2) is 3.25. The molecule has 0 aromatic rings. The molecule has 54 valence electrons. The minimum absolute atomic E-state index is 0.705. The lowest BCUT2D eigenvalue weighted by molar-refractivity contribution is 0.251. The van der Waals surface area contributed by atoms with Crippen LogP contribution in [0.25, 0.3) is 0 Å². The summed E-state index contributed by atoms with van der Waals surface area (Å²) in [7, 11) is 0. The maximum absolute atomic E-state index is 5.34. The average Bonchev–Trinajstić information content (AvgIpc) is 2.04. The van der Waals surface area contributed by atoms with E-state index in [0.29, 0.717) is 6.61 Å². The van der Waals surface area contributed by atoms with Gasteiger partial charge in [-0.2, -0.15) is 0 Å². The molecule has 0 fully saturated rings. The topological polar surface area (TPSA) is 9.23 Å². The molecule has 0 radical (unpaired) electrons. The van der Waals surface area contributed by atoms with E-state index in [9.17, 15) is 0 Å². The number of hydrogen-bond donors (Lipinski definition) is 0. The van der Waals surface area contributed by atoms with Crippen molar-refractivity contribution in [1.29, 1.82) is 0 Å². The highest BCUT2D eigenvalue weighted by Gasteiger charge is 2.03. The van der Waals surface area contributed by atoms with Crippen LogP contribution in [0, 0.1) is 0 Å². The Morgan fingerprint density at radius 1 is 1.40 bits per heavy atom. The van der Waals surface area contributed by atoms with Crippen molar-refractivity contribution in [2.75, 3.05) is 6.61 Å². The Morgan fingerprint density at radius 2 is 2.20 bits per heavy atom.